The molecule has 92 valence electrons. The lowest BCUT2D eigenvalue weighted by atomic mass is 10.3. The van der Waals surface area contributed by atoms with Crippen LogP contribution < -0.4 is 5.32 Å². The standard InChI is InChI=1S/C13H13N3O2/c1-10(17)7-14-13(18)11-8-15-16(9-11)12-5-3-2-4-6-12/h2-6,8-9H,7H2,1H3,(H,14,18). The van der Waals surface area contributed by atoms with E-state index in [2.05, 4.69) is 10.4 Å². The Kier molecular flexibility index (Phi) is 3.52. The largest absolute Gasteiger partial charge is 0.345 e. The van der Waals surface area contributed by atoms with Crippen molar-refractivity contribution in [1.82, 2.24) is 15.1 Å². The normalized spacial score (nSPS) is 10.1. The number of nitrogens with one attached hydrogen (secondary N) is 1. The van der Waals surface area contributed by atoms with Crippen molar-refractivity contribution in [1.29, 1.82) is 0 Å². The zero-order valence-electron chi connectivity index (χ0n) is 9.96. The second-order valence-electron chi connectivity index (χ2n) is 3.89. The topological polar surface area (TPSA) is 64.0 Å². The first-order chi connectivity index (χ1) is 8.66. The first-order valence-electron chi connectivity index (χ1n) is 5.54. The van der Waals surface area contributed by atoms with Crippen LogP contribution in [0.4, 0.5) is 0 Å². The van der Waals surface area contributed by atoms with E-state index in [9.17, 15) is 9.59 Å². The Hall–Kier alpha value is -2.43. The molecule has 2 rings (SSSR count). The number of benzene rings is 1. The van der Waals surface area contributed by atoms with Crippen molar-refractivity contribution in [2.45, 2.75) is 6.92 Å². The fourth-order valence-corrected chi connectivity index (χ4v) is 1.47. The smallest absolute Gasteiger partial charge is 0.254 e. The van der Waals surface area contributed by atoms with E-state index in [1.807, 2.05) is 30.3 Å². The second kappa shape index (κ2) is 5.27. The van der Waals surface area contributed by atoms with Crippen LogP contribution in [0.1, 0.15) is 17.3 Å². The summed E-state index contributed by atoms with van der Waals surface area (Å²) < 4.78 is 1.61. The third-order valence-electron chi connectivity index (χ3n) is 2.36. The van der Waals surface area contributed by atoms with Crippen LogP contribution in [0.5, 0.6) is 0 Å². The van der Waals surface area contributed by atoms with E-state index in [0.29, 0.717) is 5.56 Å². The highest BCUT2D eigenvalue weighted by Crippen LogP contribution is 2.07. The van der Waals surface area contributed by atoms with Crippen molar-refractivity contribution >= 4 is 11.7 Å². The lowest BCUT2D eigenvalue weighted by Crippen LogP contribution is -2.27. The summed E-state index contributed by atoms with van der Waals surface area (Å²) in [4.78, 5) is 22.4. The van der Waals surface area contributed by atoms with Gasteiger partial charge in [0.15, 0.2) is 0 Å². The minimum atomic E-state index is -0.299. The number of carbonyl (C=O) groups excluding carboxylic acids is 2. The Morgan fingerprint density at radius 3 is 2.67 bits per heavy atom. The average molecular weight is 243 g/mol. The van der Waals surface area contributed by atoms with Gasteiger partial charge >= 0.3 is 0 Å². The molecule has 1 heterocycles. The third kappa shape index (κ3) is 2.82. The number of amides is 1. The van der Waals surface area contributed by atoms with Gasteiger partial charge in [-0.1, -0.05) is 18.2 Å². The predicted molar refractivity (Wildman–Crippen MR) is 66.6 cm³/mol. The molecule has 5 nitrogen and oxygen atoms in total. The van der Waals surface area contributed by atoms with E-state index in [1.165, 1.54) is 13.1 Å². The Morgan fingerprint density at radius 2 is 2.00 bits per heavy atom. The molecule has 0 aliphatic rings. The van der Waals surface area contributed by atoms with Crippen molar-refractivity contribution < 1.29 is 9.59 Å². The molecule has 1 aromatic heterocycles. The molecule has 0 aliphatic carbocycles. The number of nitrogens with zero attached hydrogens (tertiary/aromatic N) is 2. The van der Waals surface area contributed by atoms with E-state index in [4.69, 9.17) is 0 Å². The summed E-state index contributed by atoms with van der Waals surface area (Å²) in [6, 6.07) is 9.49. The van der Waals surface area contributed by atoms with Gasteiger partial charge in [0, 0.05) is 6.20 Å². The molecule has 1 aromatic carbocycles. The van der Waals surface area contributed by atoms with Crippen molar-refractivity contribution in [3.05, 3.63) is 48.3 Å². The van der Waals surface area contributed by atoms with Gasteiger partial charge < -0.3 is 5.32 Å². The number of carbonyl (C=O) groups is 2. The van der Waals surface area contributed by atoms with E-state index >= 15 is 0 Å². The van der Waals surface area contributed by atoms with Crippen LogP contribution >= 0.6 is 0 Å². The van der Waals surface area contributed by atoms with E-state index in [0.717, 1.165) is 5.69 Å². The van der Waals surface area contributed by atoms with E-state index in [-0.39, 0.29) is 18.2 Å². The summed E-state index contributed by atoms with van der Waals surface area (Å²) in [5.74, 6) is -0.383. The minimum Gasteiger partial charge on any atom is -0.345 e. The van der Waals surface area contributed by atoms with Crippen molar-refractivity contribution in [3.8, 4) is 5.69 Å². The number of aromatic nitrogens is 2. The molecule has 0 bridgehead atoms. The summed E-state index contributed by atoms with van der Waals surface area (Å²) in [7, 11) is 0. The molecular formula is C13H13N3O2. The molecule has 0 fully saturated rings. The van der Waals surface area contributed by atoms with Gasteiger partial charge in [-0.15, -0.1) is 0 Å². The highest BCUT2D eigenvalue weighted by molar-refractivity contribution is 5.96. The van der Waals surface area contributed by atoms with Crippen LogP contribution in [0, 0.1) is 0 Å². The first kappa shape index (κ1) is 12.0. The number of rotatable bonds is 4. The maximum atomic E-state index is 11.7. The van der Waals surface area contributed by atoms with Gasteiger partial charge in [-0.05, 0) is 19.1 Å². The number of ketones is 1. The molecule has 0 aliphatic heterocycles. The van der Waals surface area contributed by atoms with Crippen LogP contribution in [-0.2, 0) is 4.79 Å². The fourth-order valence-electron chi connectivity index (χ4n) is 1.47. The summed E-state index contributed by atoms with van der Waals surface area (Å²) in [5, 5.41) is 6.63. The van der Waals surface area contributed by atoms with Crippen molar-refractivity contribution in [2.75, 3.05) is 6.54 Å². The lowest BCUT2D eigenvalue weighted by molar-refractivity contribution is -0.116. The van der Waals surface area contributed by atoms with Crippen molar-refractivity contribution in [2.24, 2.45) is 0 Å². The second-order valence-corrected chi connectivity index (χ2v) is 3.89. The summed E-state index contributed by atoms with van der Waals surface area (Å²) in [6.07, 6.45) is 3.10. The zero-order chi connectivity index (χ0) is 13.0. The Balaban J connectivity index is 2.11. The Morgan fingerprint density at radius 1 is 1.28 bits per heavy atom. The number of hydrogen-bond acceptors (Lipinski definition) is 3. The molecule has 0 saturated heterocycles. The molecule has 2 aromatic rings. The van der Waals surface area contributed by atoms with Crippen LogP contribution in [0.15, 0.2) is 42.7 Å². The monoisotopic (exact) mass is 243 g/mol. The number of para-hydroxylation sites is 1. The maximum absolute atomic E-state index is 11.7. The highest BCUT2D eigenvalue weighted by Gasteiger charge is 2.09. The molecule has 0 spiro atoms. The zero-order valence-corrected chi connectivity index (χ0v) is 9.96. The molecule has 0 radical (unpaired) electrons. The average Bonchev–Trinajstić information content (AvgIpc) is 2.86. The summed E-state index contributed by atoms with van der Waals surface area (Å²) in [5.41, 5.74) is 1.31. The predicted octanol–water partition coefficient (Wildman–Crippen LogP) is 1.19. The Bertz CT molecular complexity index is 561. The molecule has 1 N–H and O–H groups in total. The maximum Gasteiger partial charge on any atom is 0.254 e. The lowest BCUT2D eigenvalue weighted by Gasteiger charge is -2.00. The van der Waals surface area contributed by atoms with Gasteiger partial charge in [0.05, 0.1) is 24.0 Å². The molecule has 0 atom stereocenters. The molecule has 5 heteroatoms. The third-order valence-corrected chi connectivity index (χ3v) is 2.36. The molecular weight excluding hydrogens is 230 g/mol. The fraction of sp³-hybridized carbons (Fsp3) is 0.154. The molecule has 18 heavy (non-hydrogen) atoms. The summed E-state index contributed by atoms with van der Waals surface area (Å²) >= 11 is 0. The highest BCUT2D eigenvalue weighted by atomic mass is 16.2. The molecule has 0 saturated carbocycles. The van der Waals surface area contributed by atoms with Crippen LogP contribution in [0.3, 0.4) is 0 Å². The minimum absolute atomic E-state index is 0.0371. The summed E-state index contributed by atoms with van der Waals surface area (Å²) in [6.45, 7) is 1.46. The van der Waals surface area contributed by atoms with Gasteiger partial charge in [-0.2, -0.15) is 5.10 Å². The van der Waals surface area contributed by atoms with Crippen LogP contribution in [0.2, 0.25) is 0 Å². The molecule has 1 amide bonds. The molecule has 0 unspecified atom stereocenters. The van der Waals surface area contributed by atoms with Gasteiger partial charge in [0.25, 0.3) is 5.91 Å². The van der Waals surface area contributed by atoms with E-state index < -0.39 is 0 Å². The van der Waals surface area contributed by atoms with Crippen LogP contribution in [0.25, 0.3) is 5.69 Å². The van der Waals surface area contributed by atoms with Gasteiger partial charge in [-0.3, -0.25) is 9.59 Å². The van der Waals surface area contributed by atoms with Gasteiger partial charge in [-0.25, -0.2) is 4.68 Å². The Labute approximate surface area is 104 Å². The van der Waals surface area contributed by atoms with Crippen molar-refractivity contribution in [3.63, 3.8) is 0 Å². The van der Waals surface area contributed by atoms with E-state index in [1.54, 1.807) is 10.9 Å². The number of hydrogen-bond donors (Lipinski definition) is 1. The van der Waals surface area contributed by atoms with Gasteiger partial charge in [0.2, 0.25) is 0 Å². The SMILES string of the molecule is CC(=O)CNC(=O)c1cnn(-c2ccccc2)c1. The number of Topliss-reactive ketones (excluding diaryl/α,β-unsaturated/α-hetero) is 1. The van der Waals surface area contributed by atoms with Gasteiger partial charge in [0.1, 0.15) is 5.78 Å². The first-order valence-corrected chi connectivity index (χ1v) is 5.54. The quantitative estimate of drug-likeness (QED) is 0.877. The van der Waals surface area contributed by atoms with Crippen LogP contribution in [-0.4, -0.2) is 28.0 Å².